The molecule has 1 rings (SSSR count). The Morgan fingerprint density at radius 2 is 1.90 bits per heavy atom. The van der Waals surface area contributed by atoms with Crippen LogP contribution in [0.25, 0.3) is 0 Å². The maximum Gasteiger partial charge on any atom is 0.240 e. The van der Waals surface area contributed by atoms with Crippen LogP contribution in [0.5, 0.6) is 0 Å². The summed E-state index contributed by atoms with van der Waals surface area (Å²) in [6, 6.07) is 0.187. The first-order chi connectivity index (χ1) is 10.0. The zero-order chi connectivity index (χ0) is 15.7. The van der Waals surface area contributed by atoms with E-state index in [0.29, 0.717) is 39.0 Å². The Kier molecular flexibility index (Phi) is 8.18. The molecule has 1 aliphatic carbocycles. The van der Waals surface area contributed by atoms with Crippen LogP contribution in [-0.4, -0.2) is 57.6 Å². The number of primary amides is 1. The van der Waals surface area contributed by atoms with Gasteiger partial charge in [-0.1, -0.05) is 0 Å². The van der Waals surface area contributed by atoms with Crippen LogP contribution in [0.15, 0.2) is 0 Å². The third kappa shape index (κ3) is 6.30. The third-order valence-corrected chi connectivity index (χ3v) is 3.60. The maximum absolute atomic E-state index is 11.9. The van der Waals surface area contributed by atoms with Crippen molar-refractivity contribution in [2.45, 2.75) is 44.7 Å². The van der Waals surface area contributed by atoms with Gasteiger partial charge >= 0.3 is 0 Å². The summed E-state index contributed by atoms with van der Waals surface area (Å²) in [7, 11) is 1.67. The Morgan fingerprint density at radius 3 is 2.43 bits per heavy atom. The van der Waals surface area contributed by atoms with Crippen molar-refractivity contribution in [1.29, 1.82) is 0 Å². The van der Waals surface area contributed by atoms with Crippen molar-refractivity contribution in [1.82, 2.24) is 5.32 Å². The number of ether oxygens (including phenoxy) is 3. The summed E-state index contributed by atoms with van der Waals surface area (Å²) in [6.07, 6.45) is 2.93. The Labute approximate surface area is 127 Å². The predicted octanol–water partition coefficient (Wildman–Crippen LogP) is 0.688. The van der Waals surface area contributed by atoms with Crippen molar-refractivity contribution in [3.8, 4) is 0 Å². The van der Waals surface area contributed by atoms with E-state index >= 15 is 0 Å². The van der Waals surface area contributed by atoms with Crippen molar-refractivity contribution in [3.05, 3.63) is 0 Å². The highest BCUT2D eigenvalue weighted by Gasteiger charge is 2.50. The van der Waals surface area contributed by atoms with Gasteiger partial charge in [0.15, 0.2) is 0 Å². The van der Waals surface area contributed by atoms with E-state index in [1.165, 1.54) is 0 Å². The molecule has 124 valence electrons. The minimum atomic E-state index is -0.732. The first kappa shape index (κ1) is 18.4. The highest BCUT2D eigenvalue weighted by atomic mass is 16.5. The number of hydrogen-bond acceptors (Lipinski definition) is 5. The minimum Gasteiger partial charge on any atom is -0.385 e. The highest BCUT2D eigenvalue weighted by Crippen LogP contribution is 2.40. The van der Waals surface area contributed by atoms with E-state index in [1.807, 2.05) is 13.8 Å². The molecule has 0 aromatic carbocycles. The molecule has 0 radical (unpaired) electrons. The number of nitrogens with two attached hydrogens (primary N) is 1. The molecule has 21 heavy (non-hydrogen) atoms. The minimum absolute atomic E-state index is 0.187. The van der Waals surface area contributed by atoms with Gasteiger partial charge in [0.2, 0.25) is 5.91 Å². The van der Waals surface area contributed by atoms with E-state index in [0.717, 1.165) is 19.3 Å². The van der Waals surface area contributed by atoms with Gasteiger partial charge in [-0.2, -0.15) is 0 Å². The molecule has 1 aliphatic rings. The summed E-state index contributed by atoms with van der Waals surface area (Å²) in [6.45, 7) is 6.68. The molecule has 6 nitrogen and oxygen atoms in total. The molecule has 1 atom stereocenters. The van der Waals surface area contributed by atoms with Crippen LogP contribution in [0.2, 0.25) is 0 Å². The quantitative estimate of drug-likeness (QED) is 0.489. The summed E-state index contributed by atoms with van der Waals surface area (Å²) in [5, 5.41) is 3.32. The van der Waals surface area contributed by atoms with Crippen molar-refractivity contribution < 1.29 is 19.0 Å². The van der Waals surface area contributed by atoms with Gasteiger partial charge in [-0.3, -0.25) is 10.1 Å². The normalized spacial score (nSPS) is 17.9. The topological polar surface area (TPSA) is 82.8 Å². The van der Waals surface area contributed by atoms with Crippen LogP contribution in [0.3, 0.4) is 0 Å². The molecular formula is C15H30N2O4. The van der Waals surface area contributed by atoms with Crippen LogP contribution in [-0.2, 0) is 19.0 Å². The summed E-state index contributed by atoms with van der Waals surface area (Å²) < 4.78 is 16.0. The average molecular weight is 302 g/mol. The maximum atomic E-state index is 11.9. The first-order valence-electron chi connectivity index (χ1n) is 7.75. The van der Waals surface area contributed by atoms with E-state index in [4.69, 9.17) is 19.9 Å². The number of methoxy groups -OCH3 is 1. The van der Waals surface area contributed by atoms with Gasteiger partial charge in [0.25, 0.3) is 0 Å². The molecule has 1 unspecified atom stereocenters. The van der Waals surface area contributed by atoms with E-state index in [9.17, 15) is 4.79 Å². The molecule has 0 aliphatic heterocycles. The second kappa shape index (κ2) is 9.35. The van der Waals surface area contributed by atoms with Gasteiger partial charge in [-0.15, -0.1) is 0 Å². The molecule has 0 saturated heterocycles. The van der Waals surface area contributed by atoms with E-state index in [-0.39, 0.29) is 11.9 Å². The highest BCUT2D eigenvalue weighted by molar-refractivity contribution is 5.85. The molecular weight excluding hydrogens is 272 g/mol. The van der Waals surface area contributed by atoms with Gasteiger partial charge in [0.1, 0.15) is 5.54 Å². The monoisotopic (exact) mass is 302 g/mol. The molecule has 6 heteroatoms. The molecule has 0 spiro atoms. The molecule has 1 saturated carbocycles. The lowest BCUT2D eigenvalue weighted by Gasteiger charge is -2.33. The van der Waals surface area contributed by atoms with Crippen LogP contribution in [0, 0.1) is 5.92 Å². The van der Waals surface area contributed by atoms with Crippen LogP contribution in [0.1, 0.15) is 33.1 Å². The number of amides is 1. The Balaban J connectivity index is 2.28. The van der Waals surface area contributed by atoms with Crippen molar-refractivity contribution in [3.63, 3.8) is 0 Å². The van der Waals surface area contributed by atoms with Gasteiger partial charge < -0.3 is 19.9 Å². The second-order valence-electron chi connectivity index (χ2n) is 5.92. The number of carbonyl (C=O) groups is 1. The molecule has 0 bridgehead atoms. The molecule has 1 fully saturated rings. The fourth-order valence-corrected chi connectivity index (χ4v) is 2.47. The summed E-state index contributed by atoms with van der Waals surface area (Å²) in [5.41, 5.74) is 4.90. The van der Waals surface area contributed by atoms with Crippen molar-refractivity contribution in [2.24, 2.45) is 11.7 Å². The number of hydrogen-bond donors (Lipinski definition) is 2. The van der Waals surface area contributed by atoms with Crippen LogP contribution in [0.4, 0.5) is 0 Å². The Hall–Kier alpha value is -0.690. The molecule has 0 aromatic rings. The second-order valence-corrected chi connectivity index (χ2v) is 5.92. The largest absolute Gasteiger partial charge is 0.385 e. The van der Waals surface area contributed by atoms with E-state index in [2.05, 4.69) is 5.32 Å². The molecule has 1 amide bonds. The average Bonchev–Trinajstić information content (AvgIpc) is 3.24. The molecule has 0 heterocycles. The van der Waals surface area contributed by atoms with Crippen LogP contribution < -0.4 is 11.1 Å². The lowest BCUT2D eigenvalue weighted by Crippen LogP contribution is -2.62. The SMILES string of the molecule is COCCCOCCOCC(NC(C)C)(C(N)=O)C1CC1. The number of carbonyl (C=O) groups excluding carboxylic acids is 1. The fourth-order valence-electron chi connectivity index (χ4n) is 2.47. The fraction of sp³-hybridized carbons (Fsp3) is 0.933. The van der Waals surface area contributed by atoms with Gasteiger partial charge in [0.05, 0.1) is 19.8 Å². The van der Waals surface area contributed by atoms with E-state index in [1.54, 1.807) is 7.11 Å². The predicted molar refractivity (Wildman–Crippen MR) is 81.1 cm³/mol. The van der Waals surface area contributed by atoms with Gasteiger partial charge in [0, 0.05) is 26.4 Å². The zero-order valence-electron chi connectivity index (χ0n) is 13.5. The number of nitrogens with one attached hydrogen (secondary N) is 1. The first-order valence-corrected chi connectivity index (χ1v) is 7.75. The summed E-state index contributed by atoms with van der Waals surface area (Å²) in [5.74, 6) is -0.0280. The third-order valence-electron chi connectivity index (χ3n) is 3.60. The Morgan fingerprint density at radius 1 is 1.24 bits per heavy atom. The van der Waals surface area contributed by atoms with E-state index < -0.39 is 5.54 Å². The van der Waals surface area contributed by atoms with Crippen LogP contribution >= 0.6 is 0 Å². The Bertz CT molecular complexity index is 308. The lowest BCUT2D eigenvalue weighted by molar-refractivity contribution is -0.129. The lowest BCUT2D eigenvalue weighted by atomic mass is 9.92. The smallest absolute Gasteiger partial charge is 0.240 e. The molecule has 0 aromatic heterocycles. The summed E-state index contributed by atoms with van der Waals surface area (Å²) in [4.78, 5) is 11.9. The number of rotatable bonds is 13. The van der Waals surface area contributed by atoms with Gasteiger partial charge in [-0.25, -0.2) is 0 Å². The van der Waals surface area contributed by atoms with Crippen molar-refractivity contribution >= 4 is 5.91 Å². The standard InChI is InChI=1S/C15H30N2O4/c1-12(2)17-15(14(16)18,13-5-6-13)11-21-10-9-20-8-4-7-19-3/h12-13,17H,4-11H2,1-3H3,(H2,16,18). The summed E-state index contributed by atoms with van der Waals surface area (Å²) >= 11 is 0. The molecule has 3 N–H and O–H groups in total. The van der Waals surface area contributed by atoms with Crippen molar-refractivity contribution in [2.75, 3.05) is 40.1 Å². The van der Waals surface area contributed by atoms with Gasteiger partial charge in [-0.05, 0) is 39.0 Å². The zero-order valence-corrected chi connectivity index (χ0v) is 13.5.